The second-order valence-electron chi connectivity index (χ2n) is 15.6. The van der Waals surface area contributed by atoms with Crippen LogP contribution < -0.4 is 24.4 Å². The van der Waals surface area contributed by atoms with Crippen molar-refractivity contribution in [3.63, 3.8) is 0 Å². The number of amides is 1. The van der Waals surface area contributed by atoms with Gasteiger partial charge in [-0.2, -0.15) is 0 Å². The second kappa shape index (κ2) is 18.0. The Morgan fingerprint density at radius 3 is 2.41 bits per heavy atom. The van der Waals surface area contributed by atoms with Crippen molar-refractivity contribution in [1.82, 2.24) is 14.7 Å². The number of hydrogen-bond acceptors (Lipinski definition) is 11. The third-order valence-corrected chi connectivity index (χ3v) is 12.8. The number of anilines is 2. The number of para-hydroxylation sites is 2. The van der Waals surface area contributed by atoms with Crippen LogP contribution in [-0.4, -0.2) is 55.5 Å². The summed E-state index contributed by atoms with van der Waals surface area (Å²) >= 11 is 0. The van der Waals surface area contributed by atoms with Crippen molar-refractivity contribution < 1.29 is 32.3 Å². The first-order chi connectivity index (χ1) is 30.7. The molecule has 1 amide bonds. The Hall–Kier alpha value is -7.23. The van der Waals surface area contributed by atoms with Gasteiger partial charge in [-0.15, -0.1) is 0 Å². The molecule has 7 aromatic rings. The van der Waals surface area contributed by atoms with Crippen LogP contribution in [0, 0.1) is 16.0 Å². The highest BCUT2D eigenvalue weighted by Crippen LogP contribution is 2.42. The number of carbonyl (C=O) groups excluding carboxylic acids is 1. The molecule has 3 N–H and O–H groups in total. The van der Waals surface area contributed by atoms with Crippen LogP contribution in [0.5, 0.6) is 23.0 Å². The number of nitro groups is 1. The quantitative estimate of drug-likeness (QED) is 0.0700. The first-order valence-corrected chi connectivity index (χ1v) is 22.3. The summed E-state index contributed by atoms with van der Waals surface area (Å²) in [5, 5.41) is 16.0. The zero-order chi connectivity index (χ0) is 43.3. The number of hydrogen-bond donors (Lipinski definition) is 3. The van der Waals surface area contributed by atoms with Gasteiger partial charge in [0.15, 0.2) is 0 Å². The van der Waals surface area contributed by atoms with Crippen molar-refractivity contribution in [1.29, 1.82) is 0 Å². The van der Waals surface area contributed by atoms with E-state index < -0.39 is 31.4 Å². The maximum absolute atomic E-state index is 13.9. The predicted molar refractivity (Wildman–Crippen MR) is 240 cm³/mol. The molecular weight excluding hydrogens is 821 g/mol. The molecule has 320 valence electrons. The Morgan fingerprint density at radius 2 is 1.60 bits per heavy atom. The fourth-order valence-electron chi connectivity index (χ4n) is 8.20. The van der Waals surface area contributed by atoms with Gasteiger partial charge in [-0.05, 0) is 109 Å². The average molecular weight is 865 g/mol. The van der Waals surface area contributed by atoms with Gasteiger partial charge in [-0.1, -0.05) is 54.6 Å². The lowest BCUT2D eigenvalue weighted by Gasteiger charge is -2.28. The number of nitrogens with zero attached hydrogens (tertiary/aromatic N) is 3. The minimum absolute atomic E-state index is 0.0753. The number of ether oxygens (including phenoxy) is 3. The lowest BCUT2D eigenvalue weighted by atomic mass is 10.0. The van der Waals surface area contributed by atoms with E-state index in [1.165, 1.54) is 24.4 Å². The summed E-state index contributed by atoms with van der Waals surface area (Å²) in [6.45, 7) is 2.59. The number of H-pyrrole nitrogens is 1. The van der Waals surface area contributed by atoms with Crippen LogP contribution in [-0.2, 0) is 14.8 Å². The first-order valence-electron chi connectivity index (χ1n) is 20.8. The molecule has 2 aliphatic heterocycles. The Labute approximate surface area is 364 Å². The van der Waals surface area contributed by atoms with Crippen LogP contribution in [0.25, 0.3) is 22.2 Å². The monoisotopic (exact) mass is 864 g/mol. The van der Waals surface area contributed by atoms with Gasteiger partial charge >= 0.3 is 0 Å². The smallest absolute Gasteiger partial charge is 0.293 e. The van der Waals surface area contributed by atoms with E-state index in [-0.39, 0.29) is 29.0 Å². The van der Waals surface area contributed by atoms with Crippen molar-refractivity contribution in [2.75, 3.05) is 36.5 Å². The number of aromatic amines is 1. The molecule has 5 aromatic carbocycles. The number of carbonyl (C=O) groups is 1. The number of nitro benzene ring substituents is 1. The van der Waals surface area contributed by atoms with Crippen molar-refractivity contribution in [2.45, 2.75) is 36.6 Å². The molecule has 0 bridgehead atoms. The molecule has 0 radical (unpaired) electrons. The lowest BCUT2D eigenvalue weighted by molar-refractivity contribution is -0.384. The molecule has 2 aromatic heterocycles. The summed E-state index contributed by atoms with van der Waals surface area (Å²) in [6, 6.07) is 38.2. The maximum Gasteiger partial charge on any atom is 0.293 e. The van der Waals surface area contributed by atoms with Gasteiger partial charge in [0.25, 0.3) is 21.6 Å². The molecule has 2 saturated heterocycles. The highest BCUT2D eigenvalue weighted by molar-refractivity contribution is 7.90. The van der Waals surface area contributed by atoms with Crippen LogP contribution in [0.1, 0.15) is 47.6 Å². The molecule has 2 fully saturated rings. The van der Waals surface area contributed by atoms with E-state index in [4.69, 9.17) is 14.2 Å². The normalized spacial score (nSPS) is 15.6. The summed E-state index contributed by atoms with van der Waals surface area (Å²) in [7, 11) is -4.58. The minimum Gasteiger partial charge on any atom is -0.457 e. The molecule has 0 spiro atoms. The zero-order valence-corrected chi connectivity index (χ0v) is 34.9. The highest BCUT2D eigenvalue weighted by atomic mass is 32.2. The minimum atomic E-state index is -4.58. The van der Waals surface area contributed by atoms with Crippen LogP contribution in [0.4, 0.5) is 17.1 Å². The number of benzene rings is 5. The van der Waals surface area contributed by atoms with Crippen molar-refractivity contribution in [2.24, 2.45) is 5.92 Å². The van der Waals surface area contributed by atoms with Crippen LogP contribution in [0.3, 0.4) is 0 Å². The number of sulfonamides is 1. The Balaban J connectivity index is 0.973. The molecule has 9 rings (SSSR count). The van der Waals surface area contributed by atoms with Crippen LogP contribution in [0.2, 0.25) is 0 Å². The molecule has 0 aliphatic carbocycles. The lowest BCUT2D eigenvalue weighted by Crippen LogP contribution is -2.31. The molecule has 4 heterocycles. The maximum atomic E-state index is 13.9. The molecule has 1 atom stereocenters. The van der Waals surface area contributed by atoms with Gasteiger partial charge in [-0.3, -0.25) is 14.9 Å². The summed E-state index contributed by atoms with van der Waals surface area (Å²) < 4.78 is 47.5. The van der Waals surface area contributed by atoms with Gasteiger partial charge in [0.05, 0.1) is 27.6 Å². The van der Waals surface area contributed by atoms with E-state index in [0.717, 1.165) is 72.0 Å². The Kier molecular flexibility index (Phi) is 11.8. The Bertz CT molecular complexity index is 2880. The van der Waals surface area contributed by atoms with Crippen molar-refractivity contribution in [3.8, 4) is 34.1 Å². The van der Waals surface area contributed by atoms with Gasteiger partial charge < -0.3 is 29.4 Å². The van der Waals surface area contributed by atoms with Gasteiger partial charge in [0.2, 0.25) is 0 Å². The molecule has 63 heavy (non-hydrogen) atoms. The van der Waals surface area contributed by atoms with E-state index >= 15 is 0 Å². The fraction of sp³-hybridized carbons (Fsp3) is 0.208. The highest BCUT2D eigenvalue weighted by Gasteiger charge is 2.30. The van der Waals surface area contributed by atoms with Gasteiger partial charge in [0, 0.05) is 55.2 Å². The van der Waals surface area contributed by atoms with Crippen LogP contribution in [0.15, 0.2) is 145 Å². The molecule has 0 saturated carbocycles. The fourth-order valence-corrected chi connectivity index (χ4v) is 9.19. The van der Waals surface area contributed by atoms with Crippen molar-refractivity contribution in [3.05, 3.63) is 161 Å². The van der Waals surface area contributed by atoms with E-state index in [1.54, 1.807) is 24.4 Å². The van der Waals surface area contributed by atoms with E-state index in [2.05, 4.69) is 43.1 Å². The molecular formula is C48H44N6O8S. The molecule has 15 heteroatoms. The predicted octanol–water partition coefficient (Wildman–Crippen LogP) is 10.0. The average Bonchev–Trinajstić information content (AvgIpc) is 3.99. The Morgan fingerprint density at radius 1 is 0.841 bits per heavy atom. The third kappa shape index (κ3) is 9.20. The van der Waals surface area contributed by atoms with E-state index in [1.807, 2.05) is 66.7 Å². The number of nitrogens with one attached hydrogen (secondary N) is 3. The van der Waals surface area contributed by atoms with Crippen LogP contribution >= 0.6 is 0 Å². The summed E-state index contributed by atoms with van der Waals surface area (Å²) in [5.74, 6) is 1.28. The number of rotatable bonds is 14. The van der Waals surface area contributed by atoms with Gasteiger partial charge in [0.1, 0.15) is 34.3 Å². The SMILES string of the molecule is O=C(NS(=O)(=O)c1ccc(NCC2CCOCC2)c([N+](=O)[O-])c1)c1ccc(-c2ccc(N3CCCC3c3ccccc3Oc3ccccc3)cc2)cc1Oc1cnc2[nH]ccc2c1. The zero-order valence-electron chi connectivity index (χ0n) is 34.1. The summed E-state index contributed by atoms with van der Waals surface area (Å²) in [5.41, 5.74) is 4.04. The summed E-state index contributed by atoms with van der Waals surface area (Å²) in [6.07, 6.45) is 6.87. The first kappa shape index (κ1) is 41.1. The number of pyridine rings is 1. The summed E-state index contributed by atoms with van der Waals surface area (Å²) in [4.78, 5) is 34.8. The topological polar surface area (TPSA) is 178 Å². The number of fused-ring (bicyclic) bond motifs is 1. The van der Waals surface area contributed by atoms with E-state index in [0.29, 0.717) is 36.7 Å². The largest absolute Gasteiger partial charge is 0.457 e. The number of aromatic nitrogens is 2. The van der Waals surface area contributed by atoms with E-state index in [9.17, 15) is 23.3 Å². The molecule has 14 nitrogen and oxygen atoms in total. The molecule has 2 aliphatic rings. The third-order valence-electron chi connectivity index (χ3n) is 11.5. The van der Waals surface area contributed by atoms with Crippen molar-refractivity contribution >= 4 is 44.0 Å². The molecule has 1 unspecified atom stereocenters. The van der Waals surface area contributed by atoms with Gasteiger partial charge in [-0.25, -0.2) is 18.1 Å². The second-order valence-corrected chi connectivity index (χ2v) is 17.2. The standard InChI is InChI=1S/C48H44N6O8S/c55-48(52-63(58,59)39-17-19-42(44(29-39)54(56)57)50-30-32-21-25-60-26-22-32)41-18-14-34(28-46(41)62-38-27-35-20-23-49-47(35)51-31-38)33-12-15-36(16-13-33)53-24-6-10-43(53)40-9-4-5-11-45(40)61-37-7-2-1-3-8-37/h1-5,7-9,11-20,23,27-29,31-32,43,50H,6,10,21-22,24-26,30H2,(H,49,51)(H,52,55).